The maximum atomic E-state index is 8.95. The van der Waals surface area contributed by atoms with Crippen molar-refractivity contribution in [1.82, 2.24) is 0 Å². The van der Waals surface area contributed by atoms with Crippen LogP contribution in [0.1, 0.15) is 19.3 Å². The second-order valence-corrected chi connectivity index (χ2v) is 2.50. The van der Waals surface area contributed by atoms with Crippen molar-refractivity contribution in [2.45, 2.75) is 25.0 Å². The summed E-state index contributed by atoms with van der Waals surface area (Å²) in [4.78, 5) is 8.95. The fraction of sp³-hybridized carbons (Fsp3) is 0.875. The molecule has 1 saturated carbocycles. The van der Waals surface area contributed by atoms with Gasteiger partial charge in [-0.05, 0) is 6.42 Å². The van der Waals surface area contributed by atoms with Crippen molar-refractivity contribution >= 4 is 6.47 Å². The lowest BCUT2D eigenvalue weighted by molar-refractivity contribution is -0.249. The van der Waals surface area contributed by atoms with Gasteiger partial charge in [-0.2, -0.15) is 0 Å². The normalized spacial score (nSPS) is 18.2. The molecule has 0 amide bonds. The zero-order valence-corrected chi connectivity index (χ0v) is 7.83. The summed E-state index contributed by atoms with van der Waals surface area (Å²) in [5, 5.41) is 0. The molecule has 0 atom stereocenters. The quantitative estimate of drug-likeness (QED) is 0.474. The van der Waals surface area contributed by atoms with Gasteiger partial charge in [-0.3, -0.25) is 4.79 Å². The van der Waals surface area contributed by atoms with Gasteiger partial charge in [-0.25, -0.2) is 0 Å². The van der Waals surface area contributed by atoms with E-state index in [1.807, 2.05) is 0 Å². The van der Waals surface area contributed by atoms with Gasteiger partial charge < -0.3 is 14.2 Å². The van der Waals surface area contributed by atoms with Crippen LogP contribution in [0, 0.1) is 0 Å². The van der Waals surface area contributed by atoms with Crippen molar-refractivity contribution < 1.29 is 19.0 Å². The van der Waals surface area contributed by atoms with Crippen LogP contribution < -0.4 is 0 Å². The van der Waals surface area contributed by atoms with E-state index in [9.17, 15) is 0 Å². The van der Waals surface area contributed by atoms with Crippen molar-refractivity contribution in [2.75, 3.05) is 21.3 Å². The third kappa shape index (κ3) is 3.19. The molecular weight excluding hydrogens is 160 g/mol. The van der Waals surface area contributed by atoms with Crippen molar-refractivity contribution in [3.8, 4) is 0 Å². The minimum atomic E-state index is -0.194. The highest BCUT2D eigenvalue weighted by Gasteiger charge is 2.36. The Morgan fingerprint density at radius 2 is 1.58 bits per heavy atom. The smallest absolute Gasteiger partial charge is 0.292 e. The summed E-state index contributed by atoms with van der Waals surface area (Å²) in [6.45, 7) is 0.375. The van der Waals surface area contributed by atoms with E-state index in [1.54, 1.807) is 14.2 Å². The molecule has 0 aliphatic heterocycles. The number of rotatable bonds is 3. The first kappa shape index (κ1) is 11.4. The van der Waals surface area contributed by atoms with Crippen LogP contribution in [0.3, 0.4) is 0 Å². The SMILES string of the molecule is COC1(OC)CCC1.COC=O. The average Bonchev–Trinajstić information content (AvgIpc) is 2.05. The molecule has 0 spiro atoms. The van der Waals surface area contributed by atoms with E-state index < -0.39 is 0 Å². The van der Waals surface area contributed by atoms with Gasteiger partial charge in [-0.15, -0.1) is 0 Å². The summed E-state index contributed by atoms with van der Waals surface area (Å²) in [6.07, 6.45) is 3.35. The fourth-order valence-corrected chi connectivity index (χ4v) is 0.957. The molecule has 0 bridgehead atoms. The molecule has 0 saturated heterocycles. The lowest BCUT2D eigenvalue weighted by Gasteiger charge is -2.38. The van der Waals surface area contributed by atoms with Gasteiger partial charge in [0.25, 0.3) is 6.47 Å². The molecule has 12 heavy (non-hydrogen) atoms. The number of hydrogen-bond donors (Lipinski definition) is 0. The summed E-state index contributed by atoms with van der Waals surface area (Å²) in [5.41, 5.74) is 0. The Morgan fingerprint density at radius 3 is 1.58 bits per heavy atom. The van der Waals surface area contributed by atoms with E-state index in [-0.39, 0.29) is 5.79 Å². The molecule has 1 fully saturated rings. The Hall–Kier alpha value is -0.610. The number of carbonyl (C=O) groups excluding carboxylic acids is 1. The largest absolute Gasteiger partial charge is 0.471 e. The Bertz CT molecular complexity index is 107. The number of ether oxygens (including phenoxy) is 3. The van der Waals surface area contributed by atoms with E-state index in [4.69, 9.17) is 14.3 Å². The molecule has 0 heterocycles. The molecule has 0 aromatic heterocycles. The van der Waals surface area contributed by atoms with E-state index in [1.165, 1.54) is 13.5 Å². The topological polar surface area (TPSA) is 44.8 Å². The van der Waals surface area contributed by atoms with E-state index >= 15 is 0 Å². The van der Waals surface area contributed by atoms with Crippen LogP contribution in [0.2, 0.25) is 0 Å². The predicted molar refractivity (Wildman–Crippen MR) is 43.7 cm³/mol. The van der Waals surface area contributed by atoms with Crippen molar-refractivity contribution in [2.24, 2.45) is 0 Å². The van der Waals surface area contributed by atoms with E-state index in [0.29, 0.717) is 6.47 Å². The molecule has 0 aromatic rings. The molecule has 0 unspecified atom stereocenters. The van der Waals surface area contributed by atoms with Crippen LogP contribution in [0.5, 0.6) is 0 Å². The van der Waals surface area contributed by atoms with Gasteiger partial charge in [0.2, 0.25) is 0 Å². The lowest BCUT2D eigenvalue weighted by Crippen LogP contribution is -2.40. The minimum absolute atomic E-state index is 0.194. The van der Waals surface area contributed by atoms with Crippen molar-refractivity contribution in [1.29, 1.82) is 0 Å². The standard InChI is InChI=1S/C6H12O2.C2H4O2/c1-7-6(8-2)4-3-5-6;1-4-2-3/h3-5H2,1-2H3;2H,1H3. The summed E-state index contributed by atoms with van der Waals surface area (Å²) in [6, 6.07) is 0. The molecule has 4 heteroatoms. The number of methoxy groups -OCH3 is 3. The first-order valence-electron chi connectivity index (χ1n) is 3.81. The highest BCUT2D eigenvalue weighted by Crippen LogP contribution is 2.34. The highest BCUT2D eigenvalue weighted by molar-refractivity contribution is 5.36. The second-order valence-electron chi connectivity index (χ2n) is 2.50. The molecule has 1 aliphatic carbocycles. The van der Waals surface area contributed by atoms with Crippen LogP contribution in [0.4, 0.5) is 0 Å². The second kappa shape index (κ2) is 5.97. The van der Waals surface area contributed by atoms with Crippen LogP contribution in [0.15, 0.2) is 0 Å². The Labute approximate surface area is 72.8 Å². The van der Waals surface area contributed by atoms with Crippen LogP contribution in [0.25, 0.3) is 0 Å². The molecular formula is C8H16O4. The van der Waals surface area contributed by atoms with E-state index in [2.05, 4.69) is 4.74 Å². The van der Waals surface area contributed by atoms with Gasteiger partial charge >= 0.3 is 0 Å². The Balaban J connectivity index is 0.000000261. The first-order valence-corrected chi connectivity index (χ1v) is 3.81. The molecule has 72 valence electrons. The Kier molecular flexibility index (Phi) is 5.66. The van der Waals surface area contributed by atoms with Crippen LogP contribution in [-0.4, -0.2) is 33.6 Å². The highest BCUT2D eigenvalue weighted by atomic mass is 16.7. The molecule has 1 rings (SSSR count). The van der Waals surface area contributed by atoms with Gasteiger partial charge in [0.15, 0.2) is 5.79 Å². The maximum absolute atomic E-state index is 8.95. The van der Waals surface area contributed by atoms with E-state index in [0.717, 1.165) is 12.8 Å². The molecule has 4 nitrogen and oxygen atoms in total. The van der Waals surface area contributed by atoms with Crippen LogP contribution in [-0.2, 0) is 19.0 Å². The summed E-state index contributed by atoms with van der Waals surface area (Å²) >= 11 is 0. The number of carbonyl (C=O) groups is 1. The van der Waals surface area contributed by atoms with Crippen molar-refractivity contribution in [3.05, 3.63) is 0 Å². The maximum Gasteiger partial charge on any atom is 0.292 e. The fourth-order valence-electron chi connectivity index (χ4n) is 0.957. The third-order valence-electron chi connectivity index (χ3n) is 1.96. The molecule has 1 aliphatic rings. The Morgan fingerprint density at radius 1 is 1.17 bits per heavy atom. The van der Waals surface area contributed by atoms with Crippen molar-refractivity contribution in [3.63, 3.8) is 0 Å². The summed E-state index contributed by atoms with van der Waals surface area (Å²) in [5.74, 6) is -0.194. The van der Waals surface area contributed by atoms with Gasteiger partial charge in [-0.1, -0.05) is 0 Å². The monoisotopic (exact) mass is 176 g/mol. The van der Waals surface area contributed by atoms with Gasteiger partial charge in [0.05, 0.1) is 7.11 Å². The molecule has 0 aromatic carbocycles. The predicted octanol–water partition coefficient (Wildman–Crippen LogP) is 0.949. The zero-order valence-electron chi connectivity index (χ0n) is 7.83. The first-order chi connectivity index (χ1) is 5.74. The van der Waals surface area contributed by atoms with Gasteiger partial charge in [0, 0.05) is 27.1 Å². The molecule has 0 N–H and O–H groups in total. The average molecular weight is 176 g/mol. The summed E-state index contributed by atoms with van der Waals surface area (Å²) in [7, 11) is 4.71. The van der Waals surface area contributed by atoms with Crippen LogP contribution >= 0.6 is 0 Å². The van der Waals surface area contributed by atoms with Gasteiger partial charge in [0.1, 0.15) is 0 Å². The lowest BCUT2D eigenvalue weighted by atomic mass is 9.91. The summed E-state index contributed by atoms with van der Waals surface area (Å²) < 4.78 is 14.1. The number of hydrogen-bond acceptors (Lipinski definition) is 4. The minimum Gasteiger partial charge on any atom is -0.471 e. The third-order valence-corrected chi connectivity index (χ3v) is 1.96. The zero-order chi connectivity index (χ0) is 9.45. The molecule has 0 radical (unpaired) electrons.